The molecule has 4 heteroatoms. The van der Waals surface area contributed by atoms with Gasteiger partial charge in [-0.3, -0.25) is 0 Å². The first kappa shape index (κ1) is 12.2. The summed E-state index contributed by atoms with van der Waals surface area (Å²) < 4.78 is 5.13. The van der Waals surface area contributed by atoms with E-state index < -0.39 is 16.5 Å². The maximum atomic E-state index is 4.42. The van der Waals surface area contributed by atoms with E-state index >= 15 is 0 Å². The monoisotopic (exact) mass is 228 g/mol. The van der Waals surface area contributed by atoms with Gasteiger partial charge in [0, 0.05) is 13.1 Å². The quantitative estimate of drug-likeness (QED) is 0.585. The molecule has 1 aliphatic heterocycles. The Morgan fingerprint density at radius 2 is 1.21 bits per heavy atom. The zero-order valence-corrected chi connectivity index (χ0v) is 12.5. The number of hydrogen-bond acceptors (Lipinski definition) is 2. The maximum absolute atomic E-state index is 4.42. The molecule has 0 amide bonds. The van der Waals surface area contributed by atoms with Crippen molar-refractivity contribution in [1.82, 2.24) is 9.13 Å². The highest BCUT2D eigenvalue weighted by Gasteiger charge is 2.44. The Balaban J connectivity index is 3.09. The summed E-state index contributed by atoms with van der Waals surface area (Å²) in [4.78, 5) is 1.58. The molecule has 0 aromatic carbocycles. The van der Waals surface area contributed by atoms with Crippen LogP contribution in [-0.4, -0.2) is 52.8 Å². The Hall–Kier alpha value is 0.0938. The smallest absolute Gasteiger partial charge is 0.146 e. The maximum Gasteiger partial charge on any atom is 0.146 e. The summed E-state index contributed by atoms with van der Waals surface area (Å²) in [5.41, 5.74) is 0. The second kappa shape index (κ2) is 3.59. The molecule has 1 heterocycles. The minimum absolute atomic E-state index is 1.20. The Kier molecular flexibility index (Phi) is 3.12. The lowest BCUT2D eigenvalue weighted by Gasteiger charge is -2.39. The molecule has 0 aromatic heterocycles. The summed E-state index contributed by atoms with van der Waals surface area (Å²) in [5.74, 6) is 0. The molecule has 0 spiro atoms. The van der Waals surface area contributed by atoms with E-state index in [4.69, 9.17) is 0 Å². The van der Waals surface area contributed by atoms with E-state index in [1.807, 2.05) is 0 Å². The zero-order valence-electron chi connectivity index (χ0n) is 10.5. The number of hydrogen-bond donors (Lipinski definition) is 0. The van der Waals surface area contributed by atoms with Gasteiger partial charge < -0.3 is 9.13 Å². The van der Waals surface area contributed by atoms with Gasteiger partial charge >= 0.3 is 0 Å². The first-order valence-corrected chi connectivity index (χ1v) is 11.2. The molecular formula is C10H24N2Si2. The van der Waals surface area contributed by atoms with Gasteiger partial charge in [-0.25, -0.2) is 0 Å². The molecule has 0 unspecified atom stereocenters. The first-order valence-electron chi connectivity index (χ1n) is 5.33. The molecule has 1 saturated heterocycles. The lowest BCUT2D eigenvalue weighted by atomic mass is 10.6. The van der Waals surface area contributed by atoms with Crippen molar-refractivity contribution in [1.29, 1.82) is 0 Å². The first-order chi connectivity index (χ1) is 6.20. The summed E-state index contributed by atoms with van der Waals surface area (Å²) in [6, 6.07) is 0. The molecule has 0 N–H and O–H groups in total. The molecule has 82 valence electrons. The molecule has 0 aliphatic carbocycles. The predicted molar refractivity (Wildman–Crippen MR) is 69.4 cm³/mol. The summed E-state index contributed by atoms with van der Waals surface area (Å²) in [6.45, 7) is 16.6. The van der Waals surface area contributed by atoms with Gasteiger partial charge in [0.15, 0.2) is 0 Å². The standard InChI is InChI=1S/C10H24N2Si2/c1-10-13(4,5)11(2)8-9-12(3)14(10,6)7/h1,8-9H2,2-7H3. The fourth-order valence-corrected chi connectivity index (χ4v) is 11.4. The topological polar surface area (TPSA) is 6.48 Å². The van der Waals surface area contributed by atoms with Crippen molar-refractivity contribution in [3.63, 3.8) is 0 Å². The molecule has 1 aliphatic rings. The van der Waals surface area contributed by atoms with Crippen LogP contribution in [0.25, 0.3) is 0 Å². The van der Waals surface area contributed by atoms with Crippen LogP contribution in [0.3, 0.4) is 0 Å². The second-order valence-electron chi connectivity index (χ2n) is 5.44. The van der Waals surface area contributed by atoms with Crippen molar-refractivity contribution < 1.29 is 0 Å². The van der Waals surface area contributed by atoms with E-state index in [0.717, 1.165) is 0 Å². The van der Waals surface area contributed by atoms with Gasteiger partial charge in [0.2, 0.25) is 0 Å². The lowest BCUT2D eigenvalue weighted by Crippen LogP contribution is -2.55. The van der Waals surface area contributed by atoms with Crippen LogP contribution in [0.15, 0.2) is 11.4 Å². The number of rotatable bonds is 0. The third-order valence-corrected chi connectivity index (χ3v) is 15.0. The highest BCUT2D eigenvalue weighted by atomic mass is 28.4. The van der Waals surface area contributed by atoms with Crippen LogP contribution < -0.4 is 0 Å². The van der Waals surface area contributed by atoms with Crippen LogP contribution in [0, 0.1) is 0 Å². The van der Waals surface area contributed by atoms with Crippen LogP contribution in [0.1, 0.15) is 0 Å². The van der Waals surface area contributed by atoms with Gasteiger partial charge in [0.1, 0.15) is 16.5 Å². The van der Waals surface area contributed by atoms with Crippen molar-refractivity contribution in [2.75, 3.05) is 27.2 Å². The number of likely N-dealkylation sites (N-methyl/N-ethyl adjacent to an activating group) is 2. The number of nitrogens with zero attached hydrogens (tertiary/aromatic N) is 2. The van der Waals surface area contributed by atoms with Crippen LogP contribution >= 0.6 is 0 Å². The van der Waals surface area contributed by atoms with E-state index in [2.05, 4.69) is 56.0 Å². The fraction of sp³-hybridized carbons (Fsp3) is 0.800. The summed E-state index contributed by atoms with van der Waals surface area (Å²) in [7, 11) is 1.80. The van der Waals surface area contributed by atoms with Crippen LogP contribution in [-0.2, 0) is 0 Å². The van der Waals surface area contributed by atoms with Gasteiger partial charge in [-0.1, -0.05) is 31.0 Å². The van der Waals surface area contributed by atoms with Crippen molar-refractivity contribution in [3.05, 3.63) is 11.4 Å². The van der Waals surface area contributed by atoms with Gasteiger partial charge in [-0.15, -0.1) is 6.58 Å². The molecule has 0 radical (unpaired) electrons. The highest BCUT2D eigenvalue weighted by molar-refractivity contribution is 7.03. The molecule has 14 heavy (non-hydrogen) atoms. The molecule has 0 atom stereocenters. The van der Waals surface area contributed by atoms with Crippen LogP contribution in [0.2, 0.25) is 26.2 Å². The molecular weight excluding hydrogens is 204 g/mol. The Morgan fingerprint density at radius 3 is 1.50 bits per heavy atom. The largest absolute Gasteiger partial charge is 0.322 e. The van der Waals surface area contributed by atoms with Gasteiger partial charge in [-0.2, -0.15) is 0 Å². The summed E-state index contributed by atoms with van der Waals surface area (Å²) in [5, 5.41) is 0. The Bertz CT molecular complexity index is 225. The minimum atomic E-state index is -1.37. The molecule has 0 bridgehead atoms. The molecule has 1 fully saturated rings. The van der Waals surface area contributed by atoms with Gasteiger partial charge in [0.05, 0.1) is 0 Å². The van der Waals surface area contributed by atoms with Crippen molar-refractivity contribution in [2.24, 2.45) is 0 Å². The molecule has 2 nitrogen and oxygen atoms in total. The van der Waals surface area contributed by atoms with E-state index in [0.29, 0.717) is 0 Å². The fourth-order valence-electron chi connectivity index (χ4n) is 2.07. The van der Waals surface area contributed by atoms with Crippen molar-refractivity contribution in [2.45, 2.75) is 26.2 Å². The predicted octanol–water partition coefficient (Wildman–Crippen LogP) is 1.91. The SMILES string of the molecule is C=C1[Si](C)(C)N(C)CCN(C)[Si]1(C)C. The minimum Gasteiger partial charge on any atom is -0.322 e. The zero-order chi connectivity index (χ0) is 11.1. The van der Waals surface area contributed by atoms with Crippen molar-refractivity contribution in [3.8, 4) is 0 Å². The van der Waals surface area contributed by atoms with E-state index in [1.54, 1.807) is 4.82 Å². The molecule has 0 aromatic rings. The molecule has 1 rings (SSSR count). The van der Waals surface area contributed by atoms with E-state index in [-0.39, 0.29) is 0 Å². The average molecular weight is 228 g/mol. The van der Waals surface area contributed by atoms with Crippen LogP contribution in [0.5, 0.6) is 0 Å². The Morgan fingerprint density at radius 1 is 0.929 bits per heavy atom. The molecule has 0 saturated carbocycles. The van der Waals surface area contributed by atoms with E-state index in [1.165, 1.54) is 13.1 Å². The highest BCUT2D eigenvalue weighted by Crippen LogP contribution is 2.30. The average Bonchev–Trinajstić information content (AvgIpc) is 2.13. The summed E-state index contributed by atoms with van der Waals surface area (Å²) in [6.07, 6.45) is 0. The second-order valence-corrected chi connectivity index (χ2v) is 14.9. The third kappa shape index (κ3) is 1.76. The van der Waals surface area contributed by atoms with Gasteiger partial charge in [0.25, 0.3) is 0 Å². The lowest BCUT2D eigenvalue weighted by molar-refractivity contribution is 0.430. The summed E-state index contributed by atoms with van der Waals surface area (Å²) >= 11 is 0. The Labute approximate surface area is 90.8 Å². The van der Waals surface area contributed by atoms with Crippen LogP contribution in [0.4, 0.5) is 0 Å². The van der Waals surface area contributed by atoms with E-state index in [9.17, 15) is 0 Å². The third-order valence-electron chi connectivity index (χ3n) is 4.16. The van der Waals surface area contributed by atoms with Gasteiger partial charge in [-0.05, 0) is 14.1 Å². The normalized spacial score (nSPS) is 28.9. The van der Waals surface area contributed by atoms with Crippen molar-refractivity contribution >= 4 is 16.5 Å².